The van der Waals surface area contributed by atoms with Crippen LogP contribution in [0.3, 0.4) is 0 Å². The van der Waals surface area contributed by atoms with Crippen molar-refractivity contribution in [1.82, 2.24) is 15.0 Å². The van der Waals surface area contributed by atoms with E-state index in [4.69, 9.17) is 39.5 Å². The van der Waals surface area contributed by atoms with Gasteiger partial charge < -0.3 is 32.8 Å². The van der Waals surface area contributed by atoms with Gasteiger partial charge in [0.1, 0.15) is 43.0 Å². The first kappa shape index (κ1) is 72.7. The Kier molecular flexibility index (Phi) is 31.4. The Morgan fingerprint density at radius 2 is 1.19 bits per heavy atom. The number of nitrogens with zero attached hydrogens (tertiary/aromatic N) is 7. The molecule has 1 aromatic heterocycles. The summed E-state index contributed by atoms with van der Waals surface area (Å²) in [6.07, 6.45) is -0.785. The number of aryl methyl sites for hydroxylation is 1. The molecule has 5 rings (SSSR count). The van der Waals surface area contributed by atoms with Crippen molar-refractivity contribution in [2.24, 2.45) is 30.4 Å². The van der Waals surface area contributed by atoms with Crippen molar-refractivity contribution >= 4 is 125 Å². The van der Waals surface area contributed by atoms with Gasteiger partial charge in [-0.1, -0.05) is 40.9 Å². The normalized spacial score (nSPS) is 12.5. The zero-order valence-electron chi connectivity index (χ0n) is 38.6. The number of rotatable bonds is 20. The molecule has 366 valence electrons. The summed E-state index contributed by atoms with van der Waals surface area (Å²) in [7, 11) is -24.2. The summed E-state index contributed by atoms with van der Waals surface area (Å²) in [6.45, 7) is -1.03. The Labute approximate surface area is 542 Å². The van der Waals surface area contributed by atoms with E-state index >= 15 is 0 Å². The second-order valence-electron chi connectivity index (χ2n) is 13.4. The maximum absolute atomic E-state index is 11.7. The average Bonchev–Trinajstić information content (AvgIpc) is 3.20. The largest absolute Gasteiger partial charge is 1.00 e. The molecule has 0 amide bonds. The first-order valence-electron chi connectivity index (χ1n) is 18.3. The minimum absolute atomic E-state index is 0. The summed E-state index contributed by atoms with van der Waals surface area (Å²) < 4.78 is 178. The molecule has 0 spiro atoms. The maximum atomic E-state index is 11.7. The van der Waals surface area contributed by atoms with Crippen LogP contribution >= 0.6 is 34.8 Å². The summed E-state index contributed by atoms with van der Waals surface area (Å²) in [5, 5.41) is 17.8. The molecular weight excluding hydrogens is 1190 g/mol. The van der Waals surface area contributed by atoms with Crippen LogP contribution in [-0.4, -0.2) is 110 Å². The SMILES string of the molecule is O=S(=O)([O-])CCCOc1cc(N=Nc2ccc(Cl)c(S(=O)(=O)[O-])c2)c(Cl)cc1N=c1[nH]c(Nc2cc(Cl)c(N=Nc3cccc(S(=O)(=O)[O-])c3)cc2CCS(=O)(=O)[O-])nc(=NCCS(=O)(=O)[O-])[nH]1.[Na+].[Na+].[Na+].[Na+].[Na+]. The molecule has 39 heteroatoms. The van der Waals surface area contributed by atoms with E-state index in [9.17, 15) is 64.9 Å². The molecule has 0 saturated heterocycles. The van der Waals surface area contributed by atoms with Gasteiger partial charge in [0.05, 0.1) is 85.5 Å². The predicted molar refractivity (Wildman–Crippen MR) is 234 cm³/mol. The van der Waals surface area contributed by atoms with E-state index < -0.39 is 103 Å². The zero-order chi connectivity index (χ0) is 50.2. The van der Waals surface area contributed by atoms with Crippen molar-refractivity contribution in [2.45, 2.75) is 22.6 Å². The molecule has 0 saturated carbocycles. The summed E-state index contributed by atoms with van der Waals surface area (Å²) in [6, 6.07) is 12.4. The topological polar surface area (TPSA) is 426 Å². The van der Waals surface area contributed by atoms with Crippen molar-refractivity contribution in [2.75, 3.05) is 35.7 Å². The van der Waals surface area contributed by atoms with E-state index in [1.54, 1.807) is 0 Å². The molecule has 0 unspecified atom stereocenters. The van der Waals surface area contributed by atoms with Gasteiger partial charge in [0, 0.05) is 23.3 Å². The number of aromatic nitrogens is 3. The van der Waals surface area contributed by atoms with Gasteiger partial charge in [0.2, 0.25) is 17.2 Å². The maximum Gasteiger partial charge on any atom is 1.00 e. The molecule has 3 N–H and O–H groups in total. The van der Waals surface area contributed by atoms with Crippen LogP contribution in [0.1, 0.15) is 12.0 Å². The number of H-pyrrole nitrogens is 2. The molecule has 0 radical (unpaired) electrons. The minimum Gasteiger partial charge on any atom is -0.748 e. The van der Waals surface area contributed by atoms with Crippen LogP contribution in [0.4, 0.5) is 40.1 Å². The van der Waals surface area contributed by atoms with Crippen molar-refractivity contribution in [3.05, 3.63) is 98.6 Å². The van der Waals surface area contributed by atoms with Gasteiger partial charge in [0.15, 0.2) is 0 Å². The molecule has 4 aromatic carbocycles. The number of halogens is 3. The summed E-state index contributed by atoms with van der Waals surface area (Å²) in [5.74, 6) is -3.25. The Hall–Kier alpha value is -0.290. The first-order valence-corrected chi connectivity index (χ1v) is 27.0. The Morgan fingerprint density at radius 3 is 1.78 bits per heavy atom. The third-order valence-electron chi connectivity index (χ3n) is 8.23. The van der Waals surface area contributed by atoms with E-state index in [1.165, 1.54) is 30.3 Å². The number of benzene rings is 4. The molecule has 0 bridgehead atoms. The fraction of sp³-hybridized carbons (Fsp3) is 0.206. The number of azo groups is 2. The van der Waals surface area contributed by atoms with Gasteiger partial charge in [-0.2, -0.15) is 15.2 Å². The van der Waals surface area contributed by atoms with E-state index in [2.05, 4.69) is 50.7 Å². The second-order valence-corrected chi connectivity index (χ2v) is 21.9. The van der Waals surface area contributed by atoms with Crippen molar-refractivity contribution < 1.29 is 217 Å². The smallest absolute Gasteiger partial charge is 0.748 e. The van der Waals surface area contributed by atoms with Crippen molar-refractivity contribution in [3.8, 4) is 5.75 Å². The Morgan fingerprint density at radius 1 is 0.603 bits per heavy atom. The molecule has 1 heterocycles. The average molecular weight is 1210 g/mol. The molecule has 0 fully saturated rings. The van der Waals surface area contributed by atoms with Gasteiger partial charge in [-0.25, -0.2) is 52.1 Å². The van der Waals surface area contributed by atoms with Crippen LogP contribution in [0, 0.1) is 0 Å². The van der Waals surface area contributed by atoms with E-state index in [0.717, 1.165) is 36.4 Å². The van der Waals surface area contributed by atoms with Crippen molar-refractivity contribution in [3.63, 3.8) is 0 Å². The van der Waals surface area contributed by atoms with Gasteiger partial charge >= 0.3 is 148 Å². The Balaban J connectivity index is 0.0000104. The van der Waals surface area contributed by atoms with Crippen molar-refractivity contribution in [1.29, 1.82) is 0 Å². The monoisotopic (exact) mass is 1210 g/mol. The fourth-order valence-corrected chi connectivity index (χ4v) is 8.39. The van der Waals surface area contributed by atoms with Gasteiger partial charge in [-0.3, -0.25) is 9.97 Å². The first-order chi connectivity index (χ1) is 31.5. The third kappa shape index (κ3) is 25.2. The van der Waals surface area contributed by atoms with E-state index in [1.807, 2.05) is 0 Å². The number of ether oxygens (including phenoxy) is 1. The summed E-state index contributed by atoms with van der Waals surface area (Å²) in [5.41, 5.74) is -1.36. The molecule has 5 aromatic rings. The van der Waals surface area contributed by atoms with Crippen LogP contribution < -0.4 is 169 Å². The molecule has 0 aliphatic heterocycles. The standard InChI is InChI=1S/C34H33Cl3N10O16S5.5Na/c35-23-6-5-21(15-31(23)68(60,61)62)45-47-28-18-30(63-9-2-10-64(48,49)50)29(17-25(28)37)40-34-42-32(38-8-12-66(54,55)56)41-33(43-34)39-26-16-24(36)27(13-19(26)7-11-65(51,52)53)46-44-20-3-1-4-22(14-20)67(57,58)59;;;;;/h1,3-6,13-18H,2,7-12H2,(H,48,49,50)(H,51,52,53)(H,54,55,56)(H,57,58,59)(H,60,61,62)(H3,38,39,40,41,42,43);;;;;/q;5*+1/p-5. The third-order valence-corrected chi connectivity index (χ3v) is 13.2. The zero-order valence-corrected chi connectivity index (χ0v) is 55.0. The minimum atomic E-state index is -5.02. The molecule has 73 heavy (non-hydrogen) atoms. The number of hydrogen-bond donors (Lipinski definition) is 3. The molecule has 26 nitrogen and oxygen atoms in total. The predicted octanol–water partition coefficient (Wildman–Crippen LogP) is -10.8. The van der Waals surface area contributed by atoms with Gasteiger partial charge in [0.25, 0.3) is 0 Å². The van der Waals surface area contributed by atoms with Crippen LogP contribution in [0.2, 0.25) is 15.1 Å². The number of hydrogen-bond acceptors (Lipinski definition) is 24. The summed E-state index contributed by atoms with van der Waals surface area (Å²) in [4.78, 5) is 16.6. The van der Waals surface area contributed by atoms with E-state index in [-0.39, 0.29) is 226 Å². The number of nitrogens with one attached hydrogen (secondary N) is 3. The molecular formula is C34H28Cl3N10Na5O16S5. The van der Waals surface area contributed by atoms with Gasteiger partial charge in [-0.15, -0.1) is 10.2 Å². The quantitative estimate of drug-likeness (QED) is 0.0282. The fourth-order valence-electron chi connectivity index (χ4n) is 5.25. The van der Waals surface area contributed by atoms with Crippen LogP contribution in [0.25, 0.3) is 0 Å². The molecule has 0 atom stereocenters. The summed E-state index contributed by atoms with van der Waals surface area (Å²) >= 11 is 18.9. The molecule has 0 aliphatic carbocycles. The second kappa shape index (κ2) is 31.5. The van der Waals surface area contributed by atoms with Crippen LogP contribution in [-0.2, 0) is 57.0 Å². The van der Waals surface area contributed by atoms with Gasteiger partial charge in [-0.05, 0) is 73.0 Å². The van der Waals surface area contributed by atoms with E-state index in [0.29, 0.717) is 0 Å². The number of anilines is 2. The van der Waals surface area contributed by atoms with Crippen LogP contribution in [0.5, 0.6) is 5.75 Å². The molecule has 0 aliphatic rings. The number of aromatic amines is 2. The van der Waals surface area contributed by atoms with Crippen LogP contribution in [0.15, 0.2) is 107 Å². The Bertz CT molecular complexity index is 3570.